The lowest BCUT2D eigenvalue weighted by atomic mass is 10.0. The zero-order valence-electron chi connectivity index (χ0n) is 20.9. The largest absolute Gasteiger partial charge is 0.462 e. The Morgan fingerprint density at radius 1 is 0.947 bits per heavy atom. The van der Waals surface area contributed by atoms with Crippen LogP contribution >= 0.6 is 11.3 Å². The molecule has 5 rings (SSSR count). The van der Waals surface area contributed by atoms with E-state index < -0.39 is 12.0 Å². The number of nitrogens with zero attached hydrogens (tertiary/aromatic N) is 2. The number of carbonyl (C=O) groups excluding carboxylic acids is 2. The van der Waals surface area contributed by atoms with Crippen molar-refractivity contribution in [2.24, 2.45) is 0 Å². The number of hydrogen-bond donors (Lipinski definition) is 1. The zero-order chi connectivity index (χ0) is 26.6. The summed E-state index contributed by atoms with van der Waals surface area (Å²) in [5.41, 5.74) is 4.53. The average Bonchev–Trinajstić information content (AvgIpc) is 3.39. The van der Waals surface area contributed by atoms with Crippen LogP contribution in [0.2, 0.25) is 0 Å². The van der Waals surface area contributed by atoms with Gasteiger partial charge in [-0.15, -0.1) is 11.3 Å². The molecule has 0 aliphatic carbocycles. The van der Waals surface area contributed by atoms with Crippen LogP contribution < -0.4 is 10.9 Å². The highest BCUT2D eigenvalue weighted by atomic mass is 32.1. The first-order chi connectivity index (χ1) is 18.5. The van der Waals surface area contributed by atoms with E-state index in [1.54, 1.807) is 38.1 Å². The van der Waals surface area contributed by atoms with Gasteiger partial charge in [-0.05, 0) is 54.8 Å². The molecule has 1 N–H and O–H groups in total. The zero-order valence-corrected chi connectivity index (χ0v) is 21.7. The number of amides is 1. The second-order valence-corrected chi connectivity index (χ2v) is 9.55. The SMILES string of the molecule is CCOC(=O)c1ccc(NC(=O)C(C)n2cnc3scc(-c4ccc(-c5ccccc5)cc4)c3c2=O)cc1. The van der Waals surface area contributed by atoms with Gasteiger partial charge in [0.2, 0.25) is 5.91 Å². The van der Waals surface area contributed by atoms with Gasteiger partial charge in [0.15, 0.2) is 0 Å². The first-order valence-electron chi connectivity index (χ1n) is 12.2. The minimum atomic E-state index is -0.808. The molecule has 0 radical (unpaired) electrons. The van der Waals surface area contributed by atoms with Gasteiger partial charge >= 0.3 is 5.97 Å². The molecular formula is C30H25N3O4S. The summed E-state index contributed by atoms with van der Waals surface area (Å²) in [6, 6.07) is 23.8. The van der Waals surface area contributed by atoms with Crippen LogP contribution in [-0.2, 0) is 9.53 Å². The molecule has 190 valence electrons. The van der Waals surface area contributed by atoms with Crippen LogP contribution in [-0.4, -0.2) is 28.0 Å². The van der Waals surface area contributed by atoms with E-state index in [9.17, 15) is 14.4 Å². The number of carbonyl (C=O) groups is 2. The first-order valence-corrected chi connectivity index (χ1v) is 13.1. The van der Waals surface area contributed by atoms with Crippen molar-refractivity contribution in [3.8, 4) is 22.3 Å². The number of hydrogen-bond acceptors (Lipinski definition) is 6. The molecule has 8 heteroatoms. The highest BCUT2D eigenvalue weighted by molar-refractivity contribution is 7.17. The van der Waals surface area contributed by atoms with Gasteiger partial charge in [0.05, 0.1) is 23.9 Å². The van der Waals surface area contributed by atoms with Crippen molar-refractivity contribution in [1.82, 2.24) is 9.55 Å². The van der Waals surface area contributed by atoms with Crippen molar-refractivity contribution in [3.05, 3.63) is 106 Å². The fourth-order valence-corrected chi connectivity index (χ4v) is 5.09. The predicted octanol–water partition coefficient (Wildman–Crippen LogP) is 6.17. The summed E-state index contributed by atoms with van der Waals surface area (Å²) in [7, 11) is 0. The molecule has 7 nitrogen and oxygen atoms in total. The van der Waals surface area contributed by atoms with Crippen molar-refractivity contribution in [3.63, 3.8) is 0 Å². The van der Waals surface area contributed by atoms with E-state index in [4.69, 9.17) is 4.74 Å². The number of thiophene rings is 1. The van der Waals surface area contributed by atoms with Crippen molar-refractivity contribution in [2.75, 3.05) is 11.9 Å². The summed E-state index contributed by atoms with van der Waals surface area (Å²) in [6.07, 6.45) is 1.41. The quantitative estimate of drug-likeness (QED) is 0.258. The number of nitrogens with one attached hydrogen (secondary N) is 1. The first kappa shape index (κ1) is 25.1. The molecule has 1 amide bonds. The Hall–Kier alpha value is -4.56. The Morgan fingerprint density at radius 3 is 2.29 bits per heavy atom. The molecule has 5 aromatic rings. The van der Waals surface area contributed by atoms with E-state index in [-0.39, 0.29) is 18.1 Å². The molecule has 0 aliphatic heterocycles. The summed E-state index contributed by atoms with van der Waals surface area (Å²) in [5, 5.41) is 5.22. The third kappa shape index (κ3) is 4.99. The third-order valence-corrected chi connectivity index (χ3v) is 7.17. The number of fused-ring (bicyclic) bond motifs is 1. The second-order valence-electron chi connectivity index (χ2n) is 8.69. The van der Waals surface area contributed by atoms with E-state index in [0.717, 1.165) is 22.3 Å². The van der Waals surface area contributed by atoms with E-state index in [0.29, 0.717) is 21.5 Å². The molecule has 3 aromatic carbocycles. The van der Waals surface area contributed by atoms with Crippen LogP contribution in [0.1, 0.15) is 30.2 Å². The van der Waals surface area contributed by atoms with Crippen molar-refractivity contribution in [2.45, 2.75) is 19.9 Å². The van der Waals surface area contributed by atoms with E-state index in [1.165, 1.54) is 22.2 Å². The lowest BCUT2D eigenvalue weighted by Gasteiger charge is -2.15. The Morgan fingerprint density at radius 2 is 1.61 bits per heavy atom. The molecule has 38 heavy (non-hydrogen) atoms. The van der Waals surface area contributed by atoms with Gasteiger partial charge in [-0.3, -0.25) is 14.2 Å². The van der Waals surface area contributed by atoms with Gasteiger partial charge in [0, 0.05) is 16.6 Å². The maximum absolute atomic E-state index is 13.5. The summed E-state index contributed by atoms with van der Waals surface area (Å²) in [6.45, 7) is 3.67. The van der Waals surface area contributed by atoms with Gasteiger partial charge in [-0.2, -0.15) is 0 Å². The number of esters is 1. The third-order valence-electron chi connectivity index (χ3n) is 6.28. The number of aromatic nitrogens is 2. The Labute approximate surface area is 223 Å². The molecule has 2 heterocycles. The molecule has 1 unspecified atom stereocenters. The van der Waals surface area contributed by atoms with E-state index >= 15 is 0 Å². The molecule has 0 fully saturated rings. The average molecular weight is 524 g/mol. The molecular weight excluding hydrogens is 498 g/mol. The Balaban J connectivity index is 1.39. The normalized spacial score (nSPS) is 11.7. The monoisotopic (exact) mass is 523 g/mol. The van der Waals surface area contributed by atoms with Crippen LogP contribution in [0.5, 0.6) is 0 Å². The molecule has 0 saturated carbocycles. The summed E-state index contributed by atoms with van der Waals surface area (Å²) < 4.78 is 6.33. The lowest BCUT2D eigenvalue weighted by Crippen LogP contribution is -2.31. The summed E-state index contributed by atoms with van der Waals surface area (Å²) >= 11 is 1.40. The van der Waals surface area contributed by atoms with Crippen LogP contribution in [0, 0.1) is 0 Å². The number of ether oxygens (including phenoxy) is 1. The number of benzene rings is 3. The van der Waals surface area contributed by atoms with Crippen molar-refractivity contribution >= 4 is 39.1 Å². The topological polar surface area (TPSA) is 90.3 Å². The molecule has 0 saturated heterocycles. The maximum atomic E-state index is 13.5. The van der Waals surface area contributed by atoms with Crippen LogP contribution in [0.25, 0.3) is 32.5 Å². The summed E-state index contributed by atoms with van der Waals surface area (Å²) in [4.78, 5) is 43.5. The fraction of sp³-hybridized carbons (Fsp3) is 0.133. The van der Waals surface area contributed by atoms with Crippen LogP contribution in [0.3, 0.4) is 0 Å². The second kappa shape index (κ2) is 10.8. The standard InChI is InChI=1S/C30H25N3O4S/c1-3-37-30(36)23-13-15-24(16-14-23)32-27(34)19(2)33-18-31-28-26(29(33)35)25(17-38-28)22-11-9-21(10-12-22)20-7-5-4-6-8-20/h4-19H,3H2,1-2H3,(H,32,34). The number of anilines is 1. The molecule has 0 aliphatic rings. The van der Waals surface area contributed by atoms with Gasteiger partial charge < -0.3 is 10.1 Å². The smallest absolute Gasteiger partial charge is 0.338 e. The Bertz CT molecular complexity index is 1660. The van der Waals surface area contributed by atoms with Crippen LogP contribution in [0.15, 0.2) is 95.4 Å². The van der Waals surface area contributed by atoms with Crippen molar-refractivity contribution < 1.29 is 14.3 Å². The summed E-state index contributed by atoms with van der Waals surface area (Å²) in [5.74, 6) is -0.799. The van der Waals surface area contributed by atoms with Crippen LogP contribution in [0.4, 0.5) is 5.69 Å². The van der Waals surface area contributed by atoms with Gasteiger partial charge in [-0.1, -0.05) is 54.6 Å². The number of rotatable bonds is 7. The minimum Gasteiger partial charge on any atom is -0.462 e. The molecule has 1 atom stereocenters. The van der Waals surface area contributed by atoms with E-state index in [2.05, 4.69) is 22.4 Å². The molecule has 2 aromatic heterocycles. The highest BCUT2D eigenvalue weighted by Crippen LogP contribution is 2.32. The van der Waals surface area contributed by atoms with Crippen molar-refractivity contribution in [1.29, 1.82) is 0 Å². The Kier molecular flexibility index (Phi) is 7.15. The highest BCUT2D eigenvalue weighted by Gasteiger charge is 2.21. The fourth-order valence-electron chi connectivity index (χ4n) is 4.18. The maximum Gasteiger partial charge on any atom is 0.338 e. The van der Waals surface area contributed by atoms with Gasteiger partial charge in [-0.25, -0.2) is 9.78 Å². The molecule has 0 spiro atoms. The molecule has 0 bridgehead atoms. The lowest BCUT2D eigenvalue weighted by molar-refractivity contribution is -0.118. The predicted molar refractivity (Wildman–Crippen MR) is 150 cm³/mol. The minimum absolute atomic E-state index is 0.279. The van der Waals surface area contributed by atoms with E-state index in [1.807, 2.05) is 47.8 Å². The van der Waals surface area contributed by atoms with Gasteiger partial charge in [0.25, 0.3) is 5.56 Å². The van der Waals surface area contributed by atoms with Gasteiger partial charge in [0.1, 0.15) is 10.9 Å².